The highest BCUT2D eigenvalue weighted by molar-refractivity contribution is 8.00. The summed E-state index contributed by atoms with van der Waals surface area (Å²) in [7, 11) is 0. The molecule has 28 heavy (non-hydrogen) atoms. The first-order chi connectivity index (χ1) is 13.5. The number of rotatable bonds is 5. The number of carbonyl (C=O) groups is 2. The first-order valence-electron chi connectivity index (χ1n) is 9.28. The van der Waals surface area contributed by atoms with E-state index in [-0.39, 0.29) is 11.7 Å². The molecule has 1 aliphatic carbocycles. The second-order valence-electron chi connectivity index (χ2n) is 7.06. The quantitative estimate of drug-likeness (QED) is 0.726. The first-order valence-corrected chi connectivity index (χ1v) is 11.1. The van der Waals surface area contributed by atoms with Crippen LogP contribution in [0.3, 0.4) is 0 Å². The van der Waals surface area contributed by atoms with E-state index in [0.717, 1.165) is 35.5 Å². The van der Waals surface area contributed by atoms with E-state index < -0.39 is 5.91 Å². The molecular formula is C20H22N2O4S2. The van der Waals surface area contributed by atoms with Gasteiger partial charge in [-0.25, -0.2) is 0 Å². The van der Waals surface area contributed by atoms with Crippen LogP contribution in [0.2, 0.25) is 0 Å². The largest absolute Gasteiger partial charge is 0.486 e. The Balaban J connectivity index is 1.43. The van der Waals surface area contributed by atoms with E-state index in [4.69, 9.17) is 15.2 Å². The van der Waals surface area contributed by atoms with Gasteiger partial charge in [-0.3, -0.25) is 9.59 Å². The van der Waals surface area contributed by atoms with Gasteiger partial charge in [0.25, 0.3) is 5.91 Å². The van der Waals surface area contributed by atoms with Crippen molar-refractivity contribution < 1.29 is 19.1 Å². The van der Waals surface area contributed by atoms with Crippen LogP contribution in [-0.2, 0) is 17.6 Å². The molecule has 0 spiro atoms. The molecule has 1 atom stereocenters. The third-order valence-corrected chi connectivity index (χ3v) is 7.06. The third kappa shape index (κ3) is 3.98. The summed E-state index contributed by atoms with van der Waals surface area (Å²) < 4.78 is 11.1. The lowest BCUT2D eigenvalue weighted by Gasteiger charge is -2.18. The molecule has 4 rings (SSSR count). The molecule has 148 valence electrons. The number of benzene rings is 1. The van der Waals surface area contributed by atoms with Gasteiger partial charge < -0.3 is 20.5 Å². The summed E-state index contributed by atoms with van der Waals surface area (Å²) in [6, 6.07) is 5.65. The van der Waals surface area contributed by atoms with E-state index in [1.807, 2.05) is 18.2 Å². The van der Waals surface area contributed by atoms with Crippen LogP contribution in [-0.4, -0.2) is 30.8 Å². The Bertz CT molecular complexity index is 925. The molecule has 0 bridgehead atoms. The van der Waals surface area contributed by atoms with Crippen LogP contribution in [0.5, 0.6) is 11.5 Å². The summed E-state index contributed by atoms with van der Waals surface area (Å²) in [6.07, 6.45) is 2.81. The molecule has 1 aliphatic heterocycles. The predicted octanol–water partition coefficient (Wildman–Crippen LogP) is 3.47. The number of thiophene rings is 1. The Labute approximate surface area is 171 Å². The lowest BCUT2D eigenvalue weighted by atomic mass is 9.88. The minimum Gasteiger partial charge on any atom is -0.486 e. The Morgan fingerprint density at radius 3 is 2.86 bits per heavy atom. The second kappa shape index (κ2) is 8.05. The molecule has 0 radical (unpaired) electrons. The molecule has 2 amide bonds. The highest BCUT2D eigenvalue weighted by Crippen LogP contribution is 2.39. The maximum atomic E-state index is 12.5. The Morgan fingerprint density at radius 2 is 2.07 bits per heavy atom. The monoisotopic (exact) mass is 418 g/mol. The molecule has 1 aromatic heterocycles. The maximum absolute atomic E-state index is 12.5. The Kier molecular flexibility index (Phi) is 5.50. The number of hydrogen-bond acceptors (Lipinski definition) is 6. The fourth-order valence-corrected chi connectivity index (χ4v) is 5.68. The third-order valence-electron chi connectivity index (χ3n) is 4.89. The minimum atomic E-state index is -0.471. The number of ether oxygens (including phenoxy) is 2. The van der Waals surface area contributed by atoms with Crippen molar-refractivity contribution >= 4 is 39.9 Å². The molecule has 6 nitrogen and oxygen atoms in total. The normalized spacial score (nSPS) is 17.7. The molecule has 0 saturated heterocycles. The van der Waals surface area contributed by atoms with E-state index >= 15 is 0 Å². The van der Waals surface area contributed by atoms with Crippen molar-refractivity contribution in [3.05, 3.63) is 34.2 Å². The van der Waals surface area contributed by atoms with Crippen molar-refractivity contribution in [3.63, 3.8) is 0 Å². The molecule has 2 heterocycles. The zero-order valence-corrected chi connectivity index (χ0v) is 17.2. The molecule has 0 fully saturated rings. The predicted molar refractivity (Wildman–Crippen MR) is 111 cm³/mol. The molecule has 0 unspecified atom stereocenters. The fourth-order valence-electron chi connectivity index (χ4n) is 3.52. The SMILES string of the molecule is C[C@@H]1CCc2c(sc(NC(=O)CSc3ccc4c(c3)OCCO4)c2C(N)=O)C1. The van der Waals surface area contributed by atoms with Crippen LogP contribution >= 0.6 is 23.1 Å². The van der Waals surface area contributed by atoms with Gasteiger partial charge >= 0.3 is 0 Å². The van der Waals surface area contributed by atoms with Gasteiger partial charge in [0.2, 0.25) is 5.91 Å². The Hall–Kier alpha value is -2.19. The van der Waals surface area contributed by atoms with Crippen LogP contribution < -0.4 is 20.5 Å². The zero-order valence-electron chi connectivity index (χ0n) is 15.6. The number of nitrogens with two attached hydrogens (primary N) is 1. The van der Waals surface area contributed by atoms with Crippen LogP contribution in [0.25, 0.3) is 0 Å². The van der Waals surface area contributed by atoms with E-state index in [1.165, 1.54) is 28.0 Å². The summed E-state index contributed by atoms with van der Waals surface area (Å²) in [6.45, 7) is 3.28. The summed E-state index contributed by atoms with van der Waals surface area (Å²) in [4.78, 5) is 26.6. The molecule has 1 aromatic carbocycles. The second-order valence-corrected chi connectivity index (χ2v) is 9.22. The maximum Gasteiger partial charge on any atom is 0.251 e. The fraction of sp³-hybridized carbons (Fsp3) is 0.400. The topological polar surface area (TPSA) is 90.7 Å². The number of hydrogen-bond donors (Lipinski definition) is 2. The standard InChI is InChI=1S/C20H22N2O4S2/c1-11-2-4-13-16(8-11)28-20(18(13)19(21)24)22-17(23)10-27-12-3-5-14-15(9-12)26-7-6-25-14/h3,5,9,11H,2,4,6-8,10H2,1H3,(H2,21,24)(H,22,23)/t11-/m1/s1. The van der Waals surface area contributed by atoms with Gasteiger partial charge in [-0.2, -0.15) is 0 Å². The smallest absolute Gasteiger partial charge is 0.251 e. The number of nitrogens with one attached hydrogen (secondary N) is 1. The van der Waals surface area contributed by atoms with E-state index in [1.54, 1.807) is 0 Å². The first kappa shape index (κ1) is 19.1. The number of amides is 2. The zero-order chi connectivity index (χ0) is 19.7. The lowest BCUT2D eigenvalue weighted by molar-refractivity contribution is -0.113. The van der Waals surface area contributed by atoms with E-state index in [2.05, 4.69) is 12.2 Å². The summed E-state index contributed by atoms with van der Waals surface area (Å²) in [5, 5.41) is 3.48. The molecule has 2 aliphatic rings. The minimum absolute atomic E-state index is 0.158. The van der Waals surface area contributed by atoms with Gasteiger partial charge in [0, 0.05) is 9.77 Å². The average molecular weight is 419 g/mol. The highest BCUT2D eigenvalue weighted by atomic mass is 32.2. The van der Waals surface area contributed by atoms with Crippen LogP contribution in [0.1, 0.15) is 34.1 Å². The van der Waals surface area contributed by atoms with Gasteiger partial charge in [-0.1, -0.05) is 6.92 Å². The molecule has 0 saturated carbocycles. The molecule has 3 N–H and O–H groups in total. The van der Waals surface area contributed by atoms with Crippen molar-refractivity contribution in [2.45, 2.75) is 31.1 Å². The molecule has 8 heteroatoms. The number of primary amides is 1. The van der Waals surface area contributed by atoms with Crippen LogP contribution in [0, 0.1) is 5.92 Å². The molecular weight excluding hydrogens is 396 g/mol. The summed E-state index contributed by atoms with van der Waals surface area (Å²) >= 11 is 2.90. The number of fused-ring (bicyclic) bond motifs is 2. The van der Waals surface area contributed by atoms with Crippen LogP contribution in [0.15, 0.2) is 23.1 Å². The number of carbonyl (C=O) groups excluding carboxylic acids is 2. The van der Waals surface area contributed by atoms with Gasteiger partial charge in [0.15, 0.2) is 11.5 Å². The molecule has 2 aromatic rings. The van der Waals surface area contributed by atoms with Crippen molar-refractivity contribution in [2.24, 2.45) is 11.7 Å². The van der Waals surface area contributed by atoms with Crippen LogP contribution in [0.4, 0.5) is 5.00 Å². The Morgan fingerprint density at radius 1 is 1.29 bits per heavy atom. The van der Waals surface area contributed by atoms with Gasteiger partial charge in [0.05, 0.1) is 11.3 Å². The average Bonchev–Trinajstić information content (AvgIpc) is 3.03. The van der Waals surface area contributed by atoms with Crippen molar-refractivity contribution in [3.8, 4) is 11.5 Å². The number of thioether (sulfide) groups is 1. The van der Waals surface area contributed by atoms with Crippen molar-refractivity contribution in [1.29, 1.82) is 0 Å². The van der Waals surface area contributed by atoms with E-state index in [0.29, 0.717) is 35.4 Å². The summed E-state index contributed by atoms with van der Waals surface area (Å²) in [5.74, 6) is 1.62. The van der Waals surface area contributed by atoms with Crippen molar-refractivity contribution in [2.75, 3.05) is 24.3 Å². The van der Waals surface area contributed by atoms with Gasteiger partial charge in [-0.05, 0) is 48.9 Å². The van der Waals surface area contributed by atoms with Gasteiger partial charge in [-0.15, -0.1) is 23.1 Å². The highest BCUT2D eigenvalue weighted by Gasteiger charge is 2.27. The number of anilines is 1. The summed E-state index contributed by atoms with van der Waals surface area (Å²) in [5.41, 5.74) is 7.12. The lowest BCUT2D eigenvalue weighted by Crippen LogP contribution is -2.20. The van der Waals surface area contributed by atoms with Crippen molar-refractivity contribution in [1.82, 2.24) is 0 Å². The van der Waals surface area contributed by atoms with E-state index in [9.17, 15) is 9.59 Å². The van der Waals surface area contributed by atoms with Gasteiger partial charge in [0.1, 0.15) is 18.2 Å².